The van der Waals surface area contributed by atoms with Crippen LogP contribution in [0.2, 0.25) is 0 Å². The van der Waals surface area contributed by atoms with Crippen molar-refractivity contribution in [1.29, 1.82) is 0 Å². The predicted molar refractivity (Wildman–Crippen MR) is 10.8 cm³/mol. The van der Waals surface area contributed by atoms with Crippen molar-refractivity contribution in [3.63, 3.8) is 0 Å². The van der Waals surface area contributed by atoms with Crippen LogP contribution in [0.25, 0.3) is 0 Å². The first kappa shape index (κ1) is 9.00. The van der Waals surface area contributed by atoms with E-state index < -0.39 is 0 Å². The molecule has 0 aliphatic rings. The average molecular weight is 156 g/mol. The van der Waals surface area contributed by atoms with E-state index in [1.165, 1.54) is 5.00 Å². The van der Waals surface area contributed by atoms with Gasteiger partial charge in [-0.3, -0.25) is 0 Å². The third kappa shape index (κ3) is 10.3. The molecule has 4 heteroatoms. The number of rotatable bonds is 0. The molecule has 0 fully saturated rings. The van der Waals surface area contributed by atoms with Crippen LogP contribution in [0.1, 0.15) is 0 Å². The minimum absolute atomic E-state index is 0. The molecule has 0 aromatic rings. The van der Waals surface area contributed by atoms with Crippen LogP contribution in [0.3, 0.4) is 0 Å². The van der Waals surface area contributed by atoms with Crippen LogP contribution < -0.4 is 5.00 Å². The summed E-state index contributed by atoms with van der Waals surface area (Å²) in [5, 5.41) is 7.08. The maximum Gasteiger partial charge on any atom is 0.00268 e. The minimum atomic E-state index is 0. The second-order valence-electron chi connectivity index (χ2n) is 0.0845. The molecule has 0 heterocycles. The molecule has 1 radical (unpaired) electrons. The van der Waals surface area contributed by atoms with Crippen LogP contribution in [-0.4, -0.2) is 5.21 Å². The van der Waals surface area contributed by atoms with Crippen molar-refractivity contribution < 1.29 is 37.9 Å². The first-order valence-corrected chi connectivity index (χ1v) is 0.791. The number of halogens is 1. The molecule has 2 N–H and O–H groups in total. The molecule has 4 heavy (non-hydrogen) atoms. The molecule has 0 spiro atoms. The standard InChI is InChI=1S/ClH2NO.Y/c1-2-3;/h2-3H;. The van der Waals surface area contributed by atoms with E-state index in [1.54, 1.807) is 0 Å². The van der Waals surface area contributed by atoms with E-state index in [0.717, 1.165) is 0 Å². The van der Waals surface area contributed by atoms with Gasteiger partial charge in [-0.25, -0.2) is 0 Å². The molecule has 0 atom stereocenters. The van der Waals surface area contributed by atoms with E-state index in [-0.39, 0.29) is 32.7 Å². The first-order chi connectivity index (χ1) is 1.41. The Labute approximate surface area is 54.5 Å². The normalized spacial score (nSPS) is 4.50. The van der Waals surface area contributed by atoms with Gasteiger partial charge in [0.05, 0.1) is 0 Å². The molecule has 2 nitrogen and oxygen atoms in total. The number of hydrogen-bond donors (Lipinski definition) is 2. The summed E-state index contributed by atoms with van der Waals surface area (Å²) in [6, 6.07) is 0. The van der Waals surface area contributed by atoms with Crippen molar-refractivity contribution in [2.45, 2.75) is 0 Å². The largest absolute Gasteiger partial charge is 0.301 e. The Morgan fingerprint density at radius 2 is 1.75 bits per heavy atom. The number of hydrogen-bond acceptors (Lipinski definition) is 2. The third-order valence-electron chi connectivity index (χ3n) is 0. The maximum atomic E-state index is 7.08. The van der Waals surface area contributed by atoms with Crippen molar-refractivity contribution in [3.05, 3.63) is 0 Å². The van der Waals surface area contributed by atoms with Crippen molar-refractivity contribution in [1.82, 2.24) is 5.00 Å². The van der Waals surface area contributed by atoms with Gasteiger partial charge < -0.3 is 5.21 Å². The van der Waals surface area contributed by atoms with Gasteiger partial charge in [0.25, 0.3) is 0 Å². The quantitative estimate of drug-likeness (QED) is 0.386. The van der Waals surface area contributed by atoms with Crippen LogP contribution in [0.5, 0.6) is 0 Å². The molecular formula is H2ClNOY. The summed E-state index contributed by atoms with van der Waals surface area (Å²) in [7, 11) is 0. The Morgan fingerprint density at radius 1 is 1.75 bits per heavy atom. The van der Waals surface area contributed by atoms with Crippen LogP contribution >= 0.6 is 11.8 Å². The molecule has 0 aliphatic carbocycles. The first-order valence-electron chi connectivity index (χ1n) is 0.413. The van der Waals surface area contributed by atoms with Gasteiger partial charge >= 0.3 is 0 Å². The van der Waals surface area contributed by atoms with E-state index in [2.05, 4.69) is 11.8 Å². The van der Waals surface area contributed by atoms with Crippen LogP contribution in [0.15, 0.2) is 0 Å². The molecule has 0 saturated carbocycles. The number of nitrogens with one attached hydrogen (secondary N) is 1. The summed E-state index contributed by atoms with van der Waals surface area (Å²) < 4.78 is 0. The zero-order valence-electron chi connectivity index (χ0n) is 1.90. The van der Waals surface area contributed by atoms with Crippen LogP contribution in [0, 0.1) is 0 Å². The van der Waals surface area contributed by atoms with E-state index >= 15 is 0 Å². The topological polar surface area (TPSA) is 32.3 Å². The monoisotopic (exact) mass is 156 g/mol. The van der Waals surface area contributed by atoms with E-state index in [4.69, 9.17) is 5.21 Å². The van der Waals surface area contributed by atoms with Gasteiger partial charge in [0.15, 0.2) is 0 Å². The summed E-state index contributed by atoms with van der Waals surface area (Å²) in [5.41, 5.74) is 0. The Morgan fingerprint density at radius 3 is 1.75 bits per heavy atom. The Balaban J connectivity index is 0. The van der Waals surface area contributed by atoms with Gasteiger partial charge in [-0.15, -0.1) is 5.00 Å². The van der Waals surface area contributed by atoms with Gasteiger partial charge in [-0.1, -0.05) is 0 Å². The fraction of sp³-hybridized carbons (Fsp3) is 0. The fourth-order valence-electron chi connectivity index (χ4n) is 0. The van der Waals surface area contributed by atoms with Crippen LogP contribution in [0.4, 0.5) is 0 Å². The molecule has 0 bridgehead atoms. The predicted octanol–water partition coefficient (Wildman–Crippen LogP) is 0.116. The van der Waals surface area contributed by atoms with Gasteiger partial charge in [-0.05, 0) is 0 Å². The Hall–Kier alpha value is 1.31. The molecule has 0 aromatic heterocycles. The van der Waals surface area contributed by atoms with Crippen molar-refractivity contribution in [2.75, 3.05) is 0 Å². The van der Waals surface area contributed by atoms with Gasteiger partial charge in [0.2, 0.25) is 0 Å². The van der Waals surface area contributed by atoms with Gasteiger partial charge in [0, 0.05) is 44.5 Å². The summed E-state index contributed by atoms with van der Waals surface area (Å²) >= 11 is 4.30. The van der Waals surface area contributed by atoms with Crippen molar-refractivity contribution >= 4 is 11.8 Å². The smallest absolute Gasteiger partial charge is 0.00268 e. The van der Waals surface area contributed by atoms with Crippen molar-refractivity contribution in [3.8, 4) is 0 Å². The molecular weight excluding hydrogens is 154 g/mol. The molecule has 0 unspecified atom stereocenters. The fourth-order valence-corrected chi connectivity index (χ4v) is 0. The molecule has 0 aromatic carbocycles. The summed E-state index contributed by atoms with van der Waals surface area (Å²) in [4.78, 5) is 1.22. The molecule has 23 valence electrons. The zero-order valence-corrected chi connectivity index (χ0v) is 5.50. The average Bonchev–Trinajstić information content (AvgIpc) is 0.918. The molecule has 0 amide bonds. The van der Waals surface area contributed by atoms with Gasteiger partial charge in [0.1, 0.15) is 0 Å². The maximum absolute atomic E-state index is 7.08. The molecule has 0 rings (SSSR count). The van der Waals surface area contributed by atoms with Gasteiger partial charge in [-0.2, -0.15) is 0 Å². The van der Waals surface area contributed by atoms with Crippen LogP contribution in [-0.2, 0) is 32.7 Å². The van der Waals surface area contributed by atoms with E-state index in [1.807, 2.05) is 0 Å². The molecule has 0 saturated heterocycles. The SMILES string of the molecule is ONCl.[Y]. The second kappa shape index (κ2) is 8.85. The van der Waals surface area contributed by atoms with Crippen molar-refractivity contribution in [2.24, 2.45) is 0 Å². The van der Waals surface area contributed by atoms with E-state index in [9.17, 15) is 0 Å². The Kier molecular flexibility index (Phi) is 19.9. The second-order valence-corrected chi connectivity index (χ2v) is 0.254. The molecule has 0 aliphatic heterocycles. The summed E-state index contributed by atoms with van der Waals surface area (Å²) in [5.74, 6) is 0. The summed E-state index contributed by atoms with van der Waals surface area (Å²) in [6.07, 6.45) is 0. The Bertz CT molecular complexity index is 8.00. The zero-order chi connectivity index (χ0) is 2.71. The third-order valence-corrected chi connectivity index (χ3v) is 0. The minimum Gasteiger partial charge on any atom is -0.301 e. The van der Waals surface area contributed by atoms with E-state index in [0.29, 0.717) is 0 Å². The summed E-state index contributed by atoms with van der Waals surface area (Å²) in [6.45, 7) is 0.